The van der Waals surface area contributed by atoms with Crippen LogP contribution in [-0.4, -0.2) is 19.5 Å². The molecule has 0 aliphatic rings. The fourth-order valence-corrected chi connectivity index (χ4v) is 1.33. The van der Waals surface area contributed by atoms with E-state index in [1.165, 1.54) is 25.3 Å². The highest BCUT2D eigenvalue weighted by molar-refractivity contribution is 5.99. The molecule has 0 amide bonds. The van der Waals surface area contributed by atoms with Crippen molar-refractivity contribution >= 4 is 5.78 Å². The zero-order valence-corrected chi connectivity index (χ0v) is 9.00. The fraction of sp³-hybridized carbons (Fsp3) is 0.364. The highest BCUT2D eigenvalue weighted by atomic mass is 19.3. The lowest BCUT2D eigenvalue weighted by Gasteiger charge is -2.12. The molecule has 88 valence electrons. The Morgan fingerprint density at radius 2 is 2.12 bits per heavy atom. The zero-order chi connectivity index (χ0) is 12.1. The lowest BCUT2D eigenvalue weighted by molar-refractivity contribution is -0.0512. The van der Waals surface area contributed by atoms with Crippen LogP contribution in [0, 0.1) is 0 Å². The fourth-order valence-electron chi connectivity index (χ4n) is 1.33. The molecule has 3 nitrogen and oxygen atoms in total. The third kappa shape index (κ3) is 2.68. The van der Waals surface area contributed by atoms with Crippen molar-refractivity contribution in [2.24, 2.45) is 0 Å². The highest BCUT2D eigenvalue weighted by Gasteiger charge is 2.17. The number of para-hydroxylation sites is 1. The minimum atomic E-state index is -2.94. The van der Waals surface area contributed by atoms with Gasteiger partial charge in [0.25, 0.3) is 0 Å². The van der Waals surface area contributed by atoms with Gasteiger partial charge >= 0.3 is 6.61 Å². The summed E-state index contributed by atoms with van der Waals surface area (Å²) in [5, 5.41) is 0. The average Bonchev–Trinajstić information content (AvgIpc) is 2.27. The molecule has 0 saturated carbocycles. The van der Waals surface area contributed by atoms with Crippen molar-refractivity contribution in [3.63, 3.8) is 0 Å². The molecule has 0 fully saturated rings. The lowest BCUT2D eigenvalue weighted by Crippen LogP contribution is -2.07. The maximum Gasteiger partial charge on any atom is 0.387 e. The van der Waals surface area contributed by atoms with E-state index in [1.807, 2.05) is 0 Å². The van der Waals surface area contributed by atoms with Crippen molar-refractivity contribution in [1.29, 1.82) is 0 Å². The first-order valence-electron chi connectivity index (χ1n) is 4.75. The summed E-state index contributed by atoms with van der Waals surface area (Å²) in [6.45, 7) is -1.26. The van der Waals surface area contributed by atoms with Crippen molar-refractivity contribution in [2.45, 2.75) is 20.0 Å². The van der Waals surface area contributed by atoms with Crippen LogP contribution in [0.2, 0.25) is 0 Å². The number of hydrogen-bond donors (Lipinski definition) is 0. The van der Waals surface area contributed by atoms with E-state index < -0.39 is 6.61 Å². The molecule has 0 heterocycles. The Bertz CT molecular complexity index is 377. The van der Waals surface area contributed by atoms with E-state index in [2.05, 4.69) is 4.74 Å². The van der Waals surface area contributed by atoms with E-state index in [9.17, 15) is 13.6 Å². The van der Waals surface area contributed by atoms with E-state index in [4.69, 9.17) is 4.74 Å². The molecule has 1 aromatic carbocycles. The molecule has 1 aromatic rings. The summed E-state index contributed by atoms with van der Waals surface area (Å²) in [4.78, 5) is 11.5. The smallest absolute Gasteiger partial charge is 0.387 e. The Hall–Kier alpha value is -1.65. The number of Topliss-reactive ketones (excluding diaryl/α,β-unsaturated/α-hetero) is 1. The largest absolute Gasteiger partial charge is 0.492 e. The van der Waals surface area contributed by atoms with Gasteiger partial charge < -0.3 is 9.47 Å². The Labute approximate surface area is 92.0 Å². The number of benzene rings is 1. The quantitative estimate of drug-likeness (QED) is 0.729. The van der Waals surface area contributed by atoms with Crippen LogP contribution in [0.1, 0.15) is 23.7 Å². The van der Waals surface area contributed by atoms with Crippen LogP contribution in [-0.2, 0) is 0 Å². The van der Waals surface area contributed by atoms with Crippen molar-refractivity contribution in [3.05, 3.63) is 23.8 Å². The van der Waals surface area contributed by atoms with Crippen LogP contribution >= 0.6 is 0 Å². The van der Waals surface area contributed by atoms with Gasteiger partial charge in [-0.15, -0.1) is 0 Å². The minimum Gasteiger partial charge on any atom is -0.492 e. The summed E-state index contributed by atoms with van der Waals surface area (Å²) in [6.07, 6.45) is 0.272. The number of carbonyl (C=O) groups is 1. The molecule has 16 heavy (non-hydrogen) atoms. The van der Waals surface area contributed by atoms with Crippen LogP contribution in [0.3, 0.4) is 0 Å². The summed E-state index contributed by atoms with van der Waals surface area (Å²) < 4.78 is 33.4. The first kappa shape index (κ1) is 12.4. The van der Waals surface area contributed by atoms with E-state index in [-0.39, 0.29) is 29.3 Å². The second-order valence-corrected chi connectivity index (χ2v) is 2.99. The van der Waals surface area contributed by atoms with E-state index in [0.29, 0.717) is 0 Å². The summed E-state index contributed by atoms with van der Waals surface area (Å²) in [7, 11) is 1.31. The topological polar surface area (TPSA) is 35.5 Å². The van der Waals surface area contributed by atoms with Gasteiger partial charge in [0, 0.05) is 6.42 Å². The number of halogens is 2. The van der Waals surface area contributed by atoms with Crippen molar-refractivity contribution in [3.8, 4) is 11.5 Å². The number of carbonyl (C=O) groups excluding carboxylic acids is 1. The molecule has 0 radical (unpaired) electrons. The Morgan fingerprint density at radius 3 is 2.62 bits per heavy atom. The number of ether oxygens (including phenoxy) is 2. The standard InChI is InChI=1S/C11H12F2O3/c1-3-8(14)7-5-4-6-9(10(7)15-2)16-11(12)13/h4-6,11H,3H2,1-2H3. The molecule has 0 unspecified atom stereocenters. The molecule has 5 heteroatoms. The molecule has 1 rings (SSSR count). The van der Waals surface area contributed by atoms with E-state index in [0.717, 1.165) is 0 Å². The molecular formula is C11H12F2O3. The van der Waals surface area contributed by atoms with Crippen LogP contribution < -0.4 is 9.47 Å². The van der Waals surface area contributed by atoms with Gasteiger partial charge in [-0.05, 0) is 12.1 Å². The van der Waals surface area contributed by atoms with Gasteiger partial charge in [0.15, 0.2) is 17.3 Å². The molecule has 0 saturated heterocycles. The van der Waals surface area contributed by atoms with E-state index >= 15 is 0 Å². The summed E-state index contributed by atoms with van der Waals surface area (Å²) >= 11 is 0. The lowest BCUT2D eigenvalue weighted by atomic mass is 10.1. The SMILES string of the molecule is CCC(=O)c1cccc(OC(F)F)c1OC. The van der Waals surface area contributed by atoms with Crippen LogP contribution in [0.25, 0.3) is 0 Å². The van der Waals surface area contributed by atoms with Crippen LogP contribution in [0.4, 0.5) is 8.78 Å². The molecule has 0 atom stereocenters. The normalized spacial score (nSPS) is 10.3. The number of alkyl halides is 2. The number of rotatable bonds is 5. The number of methoxy groups -OCH3 is 1. The van der Waals surface area contributed by atoms with Crippen LogP contribution in [0.5, 0.6) is 11.5 Å². The summed E-state index contributed by atoms with van der Waals surface area (Å²) in [6, 6.07) is 4.32. The Morgan fingerprint density at radius 1 is 1.44 bits per heavy atom. The van der Waals surface area contributed by atoms with Gasteiger partial charge in [0.05, 0.1) is 12.7 Å². The first-order chi connectivity index (χ1) is 7.60. The molecular weight excluding hydrogens is 218 g/mol. The first-order valence-corrected chi connectivity index (χ1v) is 4.75. The Balaban J connectivity index is 3.15. The molecule has 0 spiro atoms. The van der Waals surface area contributed by atoms with E-state index in [1.54, 1.807) is 6.92 Å². The molecule has 0 bridgehead atoms. The molecule has 0 N–H and O–H groups in total. The maximum atomic E-state index is 12.1. The average molecular weight is 230 g/mol. The summed E-state index contributed by atoms with van der Waals surface area (Å²) in [5.74, 6) is -0.261. The third-order valence-corrected chi connectivity index (χ3v) is 2.02. The predicted molar refractivity (Wildman–Crippen MR) is 54.2 cm³/mol. The second kappa shape index (κ2) is 5.44. The molecule has 0 aliphatic carbocycles. The highest BCUT2D eigenvalue weighted by Crippen LogP contribution is 2.32. The van der Waals surface area contributed by atoms with Gasteiger partial charge in [0.1, 0.15) is 0 Å². The van der Waals surface area contributed by atoms with Gasteiger partial charge in [-0.3, -0.25) is 4.79 Å². The summed E-state index contributed by atoms with van der Waals surface area (Å²) in [5.41, 5.74) is 0.253. The van der Waals surface area contributed by atoms with Gasteiger partial charge in [-0.25, -0.2) is 0 Å². The maximum absolute atomic E-state index is 12.1. The molecule has 0 aliphatic heterocycles. The number of ketones is 1. The second-order valence-electron chi connectivity index (χ2n) is 2.99. The van der Waals surface area contributed by atoms with Gasteiger partial charge in [-0.1, -0.05) is 13.0 Å². The Kier molecular flexibility index (Phi) is 4.22. The van der Waals surface area contributed by atoms with Gasteiger partial charge in [0.2, 0.25) is 0 Å². The van der Waals surface area contributed by atoms with Crippen LogP contribution in [0.15, 0.2) is 18.2 Å². The third-order valence-electron chi connectivity index (χ3n) is 2.02. The predicted octanol–water partition coefficient (Wildman–Crippen LogP) is 2.89. The monoisotopic (exact) mass is 230 g/mol. The van der Waals surface area contributed by atoms with Crippen molar-refractivity contribution < 1.29 is 23.0 Å². The van der Waals surface area contributed by atoms with Crippen molar-refractivity contribution in [2.75, 3.05) is 7.11 Å². The minimum absolute atomic E-state index is 0.0506. The number of hydrogen-bond acceptors (Lipinski definition) is 3. The van der Waals surface area contributed by atoms with Gasteiger partial charge in [-0.2, -0.15) is 8.78 Å². The molecule has 0 aromatic heterocycles. The zero-order valence-electron chi connectivity index (χ0n) is 9.00. The van der Waals surface area contributed by atoms with Crippen molar-refractivity contribution in [1.82, 2.24) is 0 Å².